The lowest BCUT2D eigenvalue weighted by atomic mass is 10.1. The molecule has 1 aromatic carbocycles. The molecule has 1 aliphatic carbocycles. The van der Waals surface area contributed by atoms with Gasteiger partial charge in [-0.25, -0.2) is 4.98 Å². The maximum atomic E-state index is 6.31. The highest BCUT2D eigenvalue weighted by Gasteiger charge is 2.30. The Labute approximate surface area is 122 Å². The Morgan fingerprint density at radius 2 is 2.00 bits per heavy atom. The summed E-state index contributed by atoms with van der Waals surface area (Å²) in [7, 11) is 0. The van der Waals surface area contributed by atoms with Gasteiger partial charge in [0.2, 0.25) is 0 Å². The average molecular weight is 320 g/mol. The molecule has 1 saturated carbocycles. The zero-order valence-corrected chi connectivity index (χ0v) is 12.7. The smallest absolute Gasteiger partial charge is 0.131 e. The van der Waals surface area contributed by atoms with Crippen LogP contribution in [0.1, 0.15) is 37.9 Å². The first-order valence-electron chi connectivity index (χ1n) is 6.82. The Bertz CT molecular complexity index is 582. The summed E-state index contributed by atoms with van der Waals surface area (Å²) in [4.78, 5) is 4.81. The van der Waals surface area contributed by atoms with Crippen molar-refractivity contribution in [2.24, 2.45) is 0 Å². The van der Waals surface area contributed by atoms with Gasteiger partial charge in [-0.3, -0.25) is 0 Å². The number of imidazole rings is 1. The average Bonchev–Trinajstić information content (AvgIpc) is 3.19. The molecule has 4 heteroatoms. The van der Waals surface area contributed by atoms with Gasteiger partial charge < -0.3 is 10.3 Å². The van der Waals surface area contributed by atoms with E-state index in [0.29, 0.717) is 5.92 Å². The van der Waals surface area contributed by atoms with Crippen LogP contribution in [0.4, 0.5) is 5.82 Å². The van der Waals surface area contributed by atoms with Crippen molar-refractivity contribution in [3.8, 4) is 11.3 Å². The third kappa shape index (κ3) is 2.41. The number of benzene rings is 1. The lowest BCUT2D eigenvalue weighted by Gasteiger charge is -2.07. The monoisotopic (exact) mass is 319 g/mol. The van der Waals surface area contributed by atoms with Crippen LogP contribution in [0.25, 0.3) is 11.3 Å². The van der Waals surface area contributed by atoms with Gasteiger partial charge in [-0.15, -0.1) is 0 Å². The summed E-state index contributed by atoms with van der Waals surface area (Å²) in [6.45, 7) is 3.14. The van der Waals surface area contributed by atoms with E-state index in [4.69, 9.17) is 10.7 Å². The molecule has 0 unspecified atom stereocenters. The van der Waals surface area contributed by atoms with Crippen LogP contribution >= 0.6 is 15.9 Å². The number of nitrogens with zero attached hydrogens (tertiary/aromatic N) is 2. The largest absolute Gasteiger partial charge is 0.383 e. The molecular formula is C15H18BrN3. The molecule has 0 bridgehead atoms. The molecule has 1 aromatic heterocycles. The molecule has 3 rings (SSSR count). The molecule has 0 atom stereocenters. The van der Waals surface area contributed by atoms with Crippen molar-refractivity contribution >= 4 is 21.7 Å². The third-order valence-corrected chi connectivity index (χ3v) is 4.07. The fraction of sp³-hybridized carbons (Fsp3) is 0.400. The predicted molar refractivity (Wildman–Crippen MR) is 82.0 cm³/mol. The zero-order chi connectivity index (χ0) is 13.4. The zero-order valence-electron chi connectivity index (χ0n) is 11.1. The van der Waals surface area contributed by atoms with E-state index in [1.54, 1.807) is 0 Å². The van der Waals surface area contributed by atoms with E-state index < -0.39 is 0 Å². The number of halogens is 1. The van der Waals surface area contributed by atoms with Gasteiger partial charge in [0.1, 0.15) is 17.3 Å². The van der Waals surface area contributed by atoms with E-state index in [1.807, 2.05) is 12.1 Å². The highest BCUT2D eigenvalue weighted by molar-refractivity contribution is 9.10. The molecule has 100 valence electrons. The lowest BCUT2D eigenvalue weighted by Crippen LogP contribution is -2.06. The predicted octanol–water partition coefficient (Wildman–Crippen LogP) is 4.18. The summed E-state index contributed by atoms with van der Waals surface area (Å²) < 4.78 is 3.28. The first-order valence-corrected chi connectivity index (χ1v) is 7.61. The number of rotatable bonds is 4. The van der Waals surface area contributed by atoms with E-state index in [2.05, 4.69) is 39.6 Å². The maximum absolute atomic E-state index is 6.31. The van der Waals surface area contributed by atoms with Gasteiger partial charge in [0, 0.05) is 22.5 Å². The van der Waals surface area contributed by atoms with Crippen LogP contribution in [0.5, 0.6) is 0 Å². The summed E-state index contributed by atoms with van der Waals surface area (Å²) in [5.74, 6) is 2.61. The van der Waals surface area contributed by atoms with Gasteiger partial charge in [-0.2, -0.15) is 0 Å². The Kier molecular flexibility index (Phi) is 3.35. The fourth-order valence-electron chi connectivity index (χ4n) is 2.42. The van der Waals surface area contributed by atoms with Crippen molar-refractivity contribution in [3.05, 3.63) is 34.6 Å². The second-order valence-corrected chi connectivity index (χ2v) is 6.05. The molecule has 0 radical (unpaired) electrons. The van der Waals surface area contributed by atoms with Crippen molar-refractivity contribution in [1.82, 2.24) is 9.55 Å². The molecular weight excluding hydrogens is 302 g/mol. The molecule has 19 heavy (non-hydrogen) atoms. The molecule has 1 aliphatic rings. The highest BCUT2D eigenvalue weighted by Crippen LogP contribution is 2.42. The Morgan fingerprint density at radius 3 is 2.58 bits per heavy atom. The molecule has 0 amide bonds. The van der Waals surface area contributed by atoms with Gasteiger partial charge in [0.25, 0.3) is 0 Å². The molecule has 3 nitrogen and oxygen atoms in total. The van der Waals surface area contributed by atoms with Crippen molar-refractivity contribution in [3.63, 3.8) is 0 Å². The van der Waals surface area contributed by atoms with E-state index in [9.17, 15) is 0 Å². The van der Waals surface area contributed by atoms with Gasteiger partial charge in [0.15, 0.2) is 0 Å². The number of nitrogen functional groups attached to an aromatic ring is 1. The van der Waals surface area contributed by atoms with Crippen molar-refractivity contribution in [1.29, 1.82) is 0 Å². The minimum atomic E-state index is 0.623. The molecule has 0 aliphatic heterocycles. The second kappa shape index (κ2) is 5.00. The SMILES string of the molecule is CCCn1c(C2CC2)nc(-c2ccc(Br)cc2)c1N. The Morgan fingerprint density at radius 1 is 1.32 bits per heavy atom. The molecule has 1 heterocycles. The first-order chi connectivity index (χ1) is 9.20. The minimum absolute atomic E-state index is 0.623. The number of aromatic nitrogens is 2. The lowest BCUT2D eigenvalue weighted by molar-refractivity contribution is 0.646. The van der Waals surface area contributed by atoms with Gasteiger partial charge in [-0.1, -0.05) is 35.0 Å². The molecule has 2 N–H and O–H groups in total. The minimum Gasteiger partial charge on any atom is -0.383 e. The van der Waals surface area contributed by atoms with E-state index in [1.165, 1.54) is 18.7 Å². The molecule has 0 spiro atoms. The van der Waals surface area contributed by atoms with E-state index in [0.717, 1.165) is 34.5 Å². The van der Waals surface area contributed by atoms with Gasteiger partial charge >= 0.3 is 0 Å². The van der Waals surface area contributed by atoms with Crippen molar-refractivity contribution < 1.29 is 0 Å². The quantitative estimate of drug-likeness (QED) is 0.918. The molecule has 2 aromatic rings. The van der Waals surface area contributed by atoms with E-state index >= 15 is 0 Å². The topological polar surface area (TPSA) is 43.8 Å². The number of nitrogens with two attached hydrogens (primary N) is 1. The number of hydrogen-bond donors (Lipinski definition) is 1. The maximum Gasteiger partial charge on any atom is 0.131 e. The van der Waals surface area contributed by atoms with Crippen molar-refractivity contribution in [2.45, 2.75) is 38.6 Å². The summed E-state index contributed by atoms with van der Waals surface area (Å²) in [5.41, 5.74) is 8.34. The van der Waals surface area contributed by atoms with Crippen LogP contribution < -0.4 is 5.73 Å². The third-order valence-electron chi connectivity index (χ3n) is 3.54. The van der Waals surface area contributed by atoms with Gasteiger partial charge in [0.05, 0.1) is 0 Å². The number of hydrogen-bond acceptors (Lipinski definition) is 2. The summed E-state index contributed by atoms with van der Waals surface area (Å²) in [5, 5.41) is 0. The fourth-order valence-corrected chi connectivity index (χ4v) is 2.68. The van der Waals surface area contributed by atoms with Crippen LogP contribution in [0.15, 0.2) is 28.7 Å². The highest BCUT2D eigenvalue weighted by atomic mass is 79.9. The second-order valence-electron chi connectivity index (χ2n) is 5.14. The van der Waals surface area contributed by atoms with Gasteiger partial charge in [-0.05, 0) is 31.4 Å². The Balaban J connectivity index is 2.06. The summed E-state index contributed by atoms with van der Waals surface area (Å²) in [6.07, 6.45) is 3.58. The first kappa shape index (κ1) is 12.7. The van der Waals surface area contributed by atoms with Crippen LogP contribution in [0.2, 0.25) is 0 Å². The van der Waals surface area contributed by atoms with Crippen LogP contribution in [-0.4, -0.2) is 9.55 Å². The number of anilines is 1. The summed E-state index contributed by atoms with van der Waals surface area (Å²) >= 11 is 3.46. The van der Waals surface area contributed by atoms with Crippen LogP contribution in [0.3, 0.4) is 0 Å². The van der Waals surface area contributed by atoms with Crippen LogP contribution in [-0.2, 0) is 6.54 Å². The van der Waals surface area contributed by atoms with E-state index in [-0.39, 0.29) is 0 Å². The standard InChI is InChI=1S/C15H18BrN3/c1-2-9-19-14(17)13(18-15(19)11-3-4-11)10-5-7-12(16)8-6-10/h5-8,11H,2-4,9,17H2,1H3. The van der Waals surface area contributed by atoms with Crippen molar-refractivity contribution in [2.75, 3.05) is 5.73 Å². The molecule has 1 fully saturated rings. The molecule has 0 saturated heterocycles. The Hall–Kier alpha value is -1.29. The van der Waals surface area contributed by atoms with Crippen LogP contribution in [0, 0.1) is 0 Å². The normalized spacial score (nSPS) is 14.8. The summed E-state index contributed by atoms with van der Waals surface area (Å²) in [6, 6.07) is 8.19.